The van der Waals surface area contributed by atoms with Crippen LogP contribution < -0.4 is 5.32 Å². The van der Waals surface area contributed by atoms with Gasteiger partial charge in [-0.05, 0) is 51.0 Å². The third kappa shape index (κ3) is 2.34. The normalized spacial score (nSPS) is 34.4. The summed E-state index contributed by atoms with van der Waals surface area (Å²) in [7, 11) is 0. The summed E-state index contributed by atoms with van der Waals surface area (Å²) >= 11 is 0. The maximum Gasteiger partial charge on any atom is 0.00453 e. The molecule has 0 spiro atoms. The van der Waals surface area contributed by atoms with Gasteiger partial charge in [0.25, 0.3) is 0 Å². The van der Waals surface area contributed by atoms with Crippen molar-refractivity contribution in [2.24, 2.45) is 11.3 Å². The Morgan fingerprint density at radius 2 is 2.12 bits per heavy atom. The van der Waals surface area contributed by atoms with Crippen LogP contribution in [0.5, 0.6) is 0 Å². The molecule has 1 saturated carbocycles. The van der Waals surface area contributed by atoms with E-state index in [9.17, 15) is 0 Å². The standard InChI is InChI=1S/C15H27N/c1-3-13-10-15(11-13,12-16-4-2)14-8-6-5-7-9-14/h8,13,16H,3-7,9-12H2,1-2H3. The fourth-order valence-electron chi connectivity index (χ4n) is 3.54. The minimum Gasteiger partial charge on any atom is -0.316 e. The molecule has 0 aromatic carbocycles. The molecule has 0 heterocycles. The second-order valence-corrected chi connectivity index (χ2v) is 5.72. The Morgan fingerprint density at radius 3 is 2.69 bits per heavy atom. The SMILES string of the molecule is CCNCC1(C2=CCCCC2)CC(CC)C1. The number of hydrogen-bond acceptors (Lipinski definition) is 1. The van der Waals surface area contributed by atoms with Gasteiger partial charge in [-0.2, -0.15) is 0 Å². The van der Waals surface area contributed by atoms with Crippen LogP contribution >= 0.6 is 0 Å². The summed E-state index contributed by atoms with van der Waals surface area (Å²) in [5.41, 5.74) is 2.36. The van der Waals surface area contributed by atoms with E-state index in [1.807, 2.05) is 0 Å². The Kier molecular flexibility index (Phi) is 4.07. The van der Waals surface area contributed by atoms with E-state index in [0.717, 1.165) is 12.5 Å². The van der Waals surface area contributed by atoms with Crippen molar-refractivity contribution in [1.82, 2.24) is 5.32 Å². The number of hydrogen-bond donors (Lipinski definition) is 1. The highest BCUT2D eigenvalue weighted by Gasteiger charge is 2.45. The second-order valence-electron chi connectivity index (χ2n) is 5.72. The van der Waals surface area contributed by atoms with Gasteiger partial charge < -0.3 is 5.32 Å². The van der Waals surface area contributed by atoms with E-state index in [1.165, 1.54) is 51.5 Å². The summed E-state index contributed by atoms with van der Waals surface area (Å²) in [5.74, 6) is 1.00. The largest absolute Gasteiger partial charge is 0.316 e. The maximum absolute atomic E-state index is 3.59. The van der Waals surface area contributed by atoms with Gasteiger partial charge in [0.2, 0.25) is 0 Å². The monoisotopic (exact) mass is 221 g/mol. The summed E-state index contributed by atoms with van der Waals surface area (Å²) < 4.78 is 0. The van der Waals surface area contributed by atoms with Gasteiger partial charge in [0.15, 0.2) is 0 Å². The van der Waals surface area contributed by atoms with E-state index in [4.69, 9.17) is 0 Å². The van der Waals surface area contributed by atoms with Crippen LogP contribution in [0.25, 0.3) is 0 Å². The first-order valence-electron chi connectivity index (χ1n) is 7.21. The molecule has 0 radical (unpaired) electrons. The van der Waals surface area contributed by atoms with Crippen LogP contribution in [-0.2, 0) is 0 Å². The lowest BCUT2D eigenvalue weighted by atomic mass is 9.56. The first kappa shape index (κ1) is 12.2. The molecule has 0 amide bonds. The van der Waals surface area contributed by atoms with Crippen LogP contribution in [0.2, 0.25) is 0 Å². The molecule has 2 rings (SSSR count). The van der Waals surface area contributed by atoms with E-state index in [2.05, 4.69) is 25.2 Å². The molecule has 1 fully saturated rings. The molecule has 92 valence electrons. The number of allylic oxidation sites excluding steroid dienone is 1. The smallest absolute Gasteiger partial charge is 0.00453 e. The maximum atomic E-state index is 3.59. The van der Waals surface area contributed by atoms with Crippen LogP contribution in [0.3, 0.4) is 0 Å². The zero-order valence-corrected chi connectivity index (χ0v) is 11.0. The summed E-state index contributed by atoms with van der Waals surface area (Å²) in [6, 6.07) is 0. The Bertz CT molecular complexity index is 243. The van der Waals surface area contributed by atoms with Gasteiger partial charge in [-0.25, -0.2) is 0 Å². The molecular formula is C15H27N. The average molecular weight is 221 g/mol. The van der Waals surface area contributed by atoms with Crippen LogP contribution in [-0.4, -0.2) is 13.1 Å². The topological polar surface area (TPSA) is 12.0 Å². The van der Waals surface area contributed by atoms with E-state index < -0.39 is 0 Å². The third-order valence-corrected chi connectivity index (χ3v) is 4.62. The molecular weight excluding hydrogens is 194 g/mol. The summed E-state index contributed by atoms with van der Waals surface area (Å²) in [6.45, 7) is 6.91. The highest BCUT2D eigenvalue weighted by Crippen LogP contribution is 2.53. The Balaban J connectivity index is 2.00. The van der Waals surface area contributed by atoms with Crippen molar-refractivity contribution in [2.75, 3.05) is 13.1 Å². The van der Waals surface area contributed by atoms with E-state index in [-0.39, 0.29) is 0 Å². The van der Waals surface area contributed by atoms with Crippen molar-refractivity contribution < 1.29 is 0 Å². The van der Waals surface area contributed by atoms with Crippen molar-refractivity contribution in [3.63, 3.8) is 0 Å². The predicted molar refractivity (Wildman–Crippen MR) is 70.5 cm³/mol. The molecule has 1 N–H and O–H groups in total. The van der Waals surface area contributed by atoms with Crippen molar-refractivity contribution >= 4 is 0 Å². The molecule has 0 atom stereocenters. The van der Waals surface area contributed by atoms with Gasteiger partial charge in [-0.3, -0.25) is 0 Å². The van der Waals surface area contributed by atoms with Crippen LogP contribution in [0.1, 0.15) is 58.8 Å². The van der Waals surface area contributed by atoms with E-state index in [1.54, 1.807) is 5.57 Å². The molecule has 2 aliphatic carbocycles. The molecule has 0 bridgehead atoms. The summed E-state index contributed by atoms with van der Waals surface area (Å²) in [6.07, 6.45) is 12.4. The van der Waals surface area contributed by atoms with Gasteiger partial charge in [-0.1, -0.05) is 31.9 Å². The highest BCUT2D eigenvalue weighted by molar-refractivity contribution is 5.22. The van der Waals surface area contributed by atoms with Crippen LogP contribution in [0, 0.1) is 11.3 Å². The van der Waals surface area contributed by atoms with Gasteiger partial charge >= 0.3 is 0 Å². The molecule has 2 aliphatic rings. The summed E-state index contributed by atoms with van der Waals surface area (Å²) in [4.78, 5) is 0. The third-order valence-electron chi connectivity index (χ3n) is 4.62. The zero-order chi connectivity index (χ0) is 11.4. The second kappa shape index (κ2) is 5.35. The lowest BCUT2D eigenvalue weighted by Gasteiger charge is -2.50. The van der Waals surface area contributed by atoms with Crippen molar-refractivity contribution in [3.8, 4) is 0 Å². The van der Waals surface area contributed by atoms with Gasteiger partial charge in [0, 0.05) is 12.0 Å². The van der Waals surface area contributed by atoms with Gasteiger partial charge in [0.1, 0.15) is 0 Å². The Morgan fingerprint density at radius 1 is 1.31 bits per heavy atom. The molecule has 0 unspecified atom stereocenters. The molecule has 1 nitrogen and oxygen atoms in total. The molecule has 0 aromatic heterocycles. The fraction of sp³-hybridized carbons (Fsp3) is 0.867. The highest BCUT2D eigenvalue weighted by atomic mass is 14.9. The average Bonchev–Trinajstić information content (AvgIpc) is 2.29. The number of rotatable bonds is 5. The van der Waals surface area contributed by atoms with Crippen LogP contribution in [0.15, 0.2) is 11.6 Å². The lowest BCUT2D eigenvalue weighted by Crippen LogP contribution is -2.46. The molecule has 0 aromatic rings. The van der Waals surface area contributed by atoms with E-state index >= 15 is 0 Å². The lowest BCUT2D eigenvalue weighted by molar-refractivity contribution is 0.0852. The first-order chi connectivity index (χ1) is 7.80. The minimum absolute atomic E-state index is 0.567. The number of nitrogens with one attached hydrogen (secondary N) is 1. The quantitative estimate of drug-likeness (QED) is 0.694. The first-order valence-corrected chi connectivity index (χ1v) is 7.21. The zero-order valence-electron chi connectivity index (χ0n) is 11.0. The van der Waals surface area contributed by atoms with E-state index in [0.29, 0.717) is 5.41 Å². The van der Waals surface area contributed by atoms with Crippen molar-refractivity contribution in [2.45, 2.75) is 58.8 Å². The predicted octanol–water partition coefficient (Wildman–Crippen LogP) is 3.90. The summed E-state index contributed by atoms with van der Waals surface area (Å²) in [5, 5.41) is 3.59. The van der Waals surface area contributed by atoms with Crippen molar-refractivity contribution in [3.05, 3.63) is 11.6 Å². The Hall–Kier alpha value is -0.300. The molecule has 1 heteroatoms. The molecule has 0 saturated heterocycles. The minimum atomic E-state index is 0.567. The molecule has 16 heavy (non-hydrogen) atoms. The van der Waals surface area contributed by atoms with Gasteiger partial charge in [0.05, 0.1) is 0 Å². The van der Waals surface area contributed by atoms with Gasteiger partial charge in [-0.15, -0.1) is 0 Å². The van der Waals surface area contributed by atoms with Crippen LogP contribution in [0.4, 0.5) is 0 Å². The Labute approximate surface area is 101 Å². The molecule has 0 aliphatic heterocycles. The fourth-order valence-corrected chi connectivity index (χ4v) is 3.54. The van der Waals surface area contributed by atoms with Crippen molar-refractivity contribution in [1.29, 1.82) is 0 Å².